The second-order valence-electron chi connectivity index (χ2n) is 5.30. The van der Waals surface area contributed by atoms with Crippen LogP contribution >= 0.6 is 24.8 Å². The van der Waals surface area contributed by atoms with Crippen LogP contribution in [0.25, 0.3) is 0 Å². The molecule has 1 fully saturated rings. The maximum atomic E-state index is 11.6. The molecule has 6 heteroatoms. The molecule has 1 unspecified atom stereocenters. The minimum atomic E-state index is -0.326. The molecule has 0 aliphatic carbocycles. The van der Waals surface area contributed by atoms with Crippen molar-refractivity contribution in [3.05, 3.63) is 0 Å². The number of hydrogen-bond donors (Lipinski definition) is 2. The smallest absolute Gasteiger partial charge is 0.236 e. The van der Waals surface area contributed by atoms with Crippen LogP contribution in [0.4, 0.5) is 0 Å². The van der Waals surface area contributed by atoms with Crippen LogP contribution in [0.3, 0.4) is 0 Å². The van der Waals surface area contributed by atoms with Crippen LogP contribution in [0.5, 0.6) is 0 Å². The Balaban J connectivity index is 0. The van der Waals surface area contributed by atoms with E-state index >= 15 is 0 Å². The van der Waals surface area contributed by atoms with Crippen molar-refractivity contribution in [2.24, 2.45) is 5.73 Å². The van der Waals surface area contributed by atoms with Crippen LogP contribution in [-0.2, 0) is 4.79 Å². The third kappa shape index (κ3) is 9.81. The maximum Gasteiger partial charge on any atom is 0.236 e. The van der Waals surface area contributed by atoms with Crippen LogP contribution in [0, 0.1) is 0 Å². The quantitative estimate of drug-likeness (QED) is 0.705. The minimum absolute atomic E-state index is 0. The molecule has 1 amide bonds. The van der Waals surface area contributed by atoms with Gasteiger partial charge in [0.2, 0.25) is 5.91 Å². The number of likely N-dealkylation sites (tertiary alicyclic amines) is 1. The molecule has 0 saturated carbocycles. The van der Waals surface area contributed by atoms with Gasteiger partial charge in [-0.1, -0.05) is 26.2 Å². The molecule has 3 N–H and O–H groups in total. The summed E-state index contributed by atoms with van der Waals surface area (Å²) >= 11 is 0. The monoisotopic (exact) mass is 327 g/mol. The molecular formula is C14H31Cl2N3O. The van der Waals surface area contributed by atoms with Crippen molar-refractivity contribution in [1.29, 1.82) is 0 Å². The van der Waals surface area contributed by atoms with Crippen molar-refractivity contribution in [2.45, 2.75) is 57.9 Å². The predicted molar refractivity (Wildman–Crippen MR) is 89.9 cm³/mol. The first-order valence-corrected chi connectivity index (χ1v) is 7.49. The summed E-state index contributed by atoms with van der Waals surface area (Å²) in [5, 5.41) is 2.93. The van der Waals surface area contributed by atoms with Gasteiger partial charge in [-0.25, -0.2) is 0 Å². The molecule has 0 aromatic heterocycles. The first-order valence-electron chi connectivity index (χ1n) is 7.49. The van der Waals surface area contributed by atoms with Gasteiger partial charge in [0.1, 0.15) is 0 Å². The second kappa shape index (κ2) is 13.9. The molecule has 1 heterocycles. The highest BCUT2D eigenvalue weighted by molar-refractivity contribution is 5.85. The Labute approximate surface area is 136 Å². The normalized spacial score (nSPS) is 17.3. The summed E-state index contributed by atoms with van der Waals surface area (Å²) in [6.07, 6.45) is 8.17. The average Bonchev–Trinajstić information content (AvgIpc) is 2.63. The van der Waals surface area contributed by atoms with E-state index in [0.29, 0.717) is 0 Å². The first kappa shape index (κ1) is 22.3. The maximum absolute atomic E-state index is 11.6. The van der Waals surface area contributed by atoms with Crippen LogP contribution in [0.1, 0.15) is 51.9 Å². The van der Waals surface area contributed by atoms with E-state index in [2.05, 4.69) is 10.2 Å². The highest BCUT2D eigenvalue weighted by Gasteiger charge is 2.12. The molecule has 1 rings (SSSR count). The molecule has 0 spiro atoms. The first-order chi connectivity index (χ1) is 8.74. The molecule has 0 aromatic carbocycles. The fraction of sp³-hybridized carbons (Fsp3) is 0.929. The second-order valence-corrected chi connectivity index (χ2v) is 5.30. The molecule has 4 nitrogen and oxygen atoms in total. The number of amides is 1. The molecule has 1 saturated heterocycles. The molecule has 0 aromatic rings. The third-order valence-corrected chi connectivity index (χ3v) is 3.59. The van der Waals surface area contributed by atoms with Crippen molar-refractivity contribution < 1.29 is 4.79 Å². The van der Waals surface area contributed by atoms with Crippen molar-refractivity contribution in [2.75, 3.05) is 26.2 Å². The van der Waals surface area contributed by atoms with E-state index < -0.39 is 0 Å². The zero-order valence-electron chi connectivity index (χ0n) is 12.6. The van der Waals surface area contributed by atoms with Crippen molar-refractivity contribution in [3.63, 3.8) is 0 Å². The van der Waals surface area contributed by atoms with E-state index in [0.717, 1.165) is 32.4 Å². The zero-order valence-corrected chi connectivity index (χ0v) is 14.2. The zero-order chi connectivity index (χ0) is 13.2. The van der Waals surface area contributed by atoms with Crippen molar-refractivity contribution >= 4 is 30.7 Å². The van der Waals surface area contributed by atoms with E-state index in [1.807, 2.05) is 6.92 Å². The fourth-order valence-electron chi connectivity index (χ4n) is 2.45. The molecule has 0 bridgehead atoms. The number of carbonyl (C=O) groups excluding carboxylic acids is 1. The number of halogens is 2. The van der Waals surface area contributed by atoms with Gasteiger partial charge < -0.3 is 16.0 Å². The molecule has 0 radical (unpaired) electrons. The number of nitrogens with one attached hydrogen (secondary N) is 1. The number of nitrogens with zero attached hydrogens (tertiary/aromatic N) is 1. The lowest BCUT2D eigenvalue weighted by Gasteiger charge is -2.19. The van der Waals surface area contributed by atoms with Crippen LogP contribution in [0.15, 0.2) is 0 Å². The highest BCUT2D eigenvalue weighted by atomic mass is 35.5. The summed E-state index contributed by atoms with van der Waals surface area (Å²) in [5.74, 6) is 0.00714. The Bertz CT molecular complexity index is 234. The lowest BCUT2D eigenvalue weighted by molar-refractivity contribution is -0.122. The van der Waals surface area contributed by atoms with Gasteiger partial charge >= 0.3 is 0 Å². The standard InChI is InChI=1S/C14H29N3O.2ClH/c1-2-8-13(15)14(18)16-9-7-12-17-10-5-3-4-6-11-17;;/h13H,2-12,15H2,1H3,(H,16,18);2*1H. The van der Waals surface area contributed by atoms with E-state index in [9.17, 15) is 4.79 Å². The SMILES string of the molecule is CCCC(N)C(=O)NCCCN1CCCCCC1.Cl.Cl. The number of hydrogen-bond acceptors (Lipinski definition) is 3. The van der Waals surface area contributed by atoms with Gasteiger partial charge in [0.15, 0.2) is 0 Å². The van der Waals surface area contributed by atoms with Gasteiger partial charge in [0, 0.05) is 6.54 Å². The molecular weight excluding hydrogens is 297 g/mol. The Hall–Kier alpha value is -0.0300. The van der Waals surface area contributed by atoms with E-state index in [-0.39, 0.29) is 36.8 Å². The summed E-state index contributed by atoms with van der Waals surface area (Å²) in [4.78, 5) is 14.1. The molecule has 122 valence electrons. The molecule has 1 aliphatic rings. The lowest BCUT2D eigenvalue weighted by atomic mass is 10.1. The largest absolute Gasteiger partial charge is 0.355 e. The van der Waals surface area contributed by atoms with Crippen LogP contribution in [-0.4, -0.2) is 43.0 Å². The predicted octanol–water partition coefficient (Wildman–Crippen LogP) is 2.34. The Morgan fingerprint density at radius 2 is 1.80 bits per heavy atom. The molecule has 1 atom stereocenters. The van der Waals surface area contributed by atoms with Gasteiger partial charge in [-0.2, -0.15) is 0 Å². The highest BCUT2D eigenvalue weighted by Crippen LogP contribution is 2.09. The summed E-state index contributed by atoms with van der Waals surface area (Å²) in [6.45, 7) is 6.36. The summed E-state index contributed by atoms with van der Waals surface area (Å²) in [7, 11) is 0. The van der Waals surface area contributed by atoms with E-state index in [1.165, 1.54) is 38.8 Å². The van der Waals surface area contributed by atoms with Gasteiger partial charge in [-0.15, -0.1) is 24.8 Å². The number of nitrogens with two attached hydrogens (primary N) is 1. The lowest BCUT2D eigenvalue weighted by Crippen LogP contribution is -2.41. The fourth-order valence-corrected chi connectivity index (χ4v) is 2.45. The topological polar surface area (TPSA) is 58.4 Å². The van der Waals surface area contributed by atoms with Crippen molar-refractivity contribution in [3.8, 4) is 0 Å². The van der Waals surface area contributed by atoms with Crippen molar-refractivity contribution in [1.82, 2.24) is 10.2 Å². The minimum Gasteiger partial charge on any atom is -0.355 e. The number of rotatable bonds is 7. The Morgan fingerprint density at radius 3 is 2.35 bits per heavy atom. The van der Waals surface area contributed by atoms with Gasteiger partial charge in [-0.05, 0) is 45.3 Å². The van der Waals surface area contributed by atoms with Gasteiger partial charge in [0.25, 0.3) is 0 Å². The summed E-state index contributed by atoms with van der Waals surface area (Å²) < 4.78 is 0. The Morgan fingerprint density at radius 1 is 1.20 bits per heavy atom. The summed E-state index contributed by atoms with van der Waals surface area (Å²) in [5.41, 5.74) is 5.75. The van der Waals surface area contributed by atoms with Crippen LogP contribution in [0.2, 0.25) is 0 Å². The van der Waals surface area contributed by atoms with E-state index in [4.69, 9.17) is 5.73 Å². The van der Waals surface area contributed by atoms with E-state index in [1.54, 1.807) is 0 Å². The molecule has 1 aliphatic heterocycles. The number of carbonyl (C=O) groups is 1. The van der Waals surface area contributed by atoms with Gasteiger partial charge in [0.05, 0.1) is 6.04 Å². The third-order valence-electron chi connectivity index (χ3n) is 3.59. The van der Waals surface area contributed by atoms with Gasteiger partial charge in [-0.3, -0.25) is 4.79 Å². The summed E-state index contributed by atoms with van der Waals surface area (Å²) in [6, 6.07) is -0.326. The average molecular weight is 328 g/mol. The molecule has 20 heavy (non-hydrogen) atoms. The Kier molecular flexibility index (Phi) is 15.5. The van der Waals surface area contributed by atoms with Crippen LogP contribution < -0.4 is 11.1 Å².